The van der Waals surface area contributed by atoms with Gasteiger partial charge in [-0.05, 0) is 59.2 Å². The van der Waals surface area contributed by atoms with Crippen molar-refractivity contribution in [2.45, 2.75) is 13.2 Å². The molecule has 184 valence electrons. The number of methoxy groups -OCH3 is 1. The van der Waals surface area contributed by atoms with E-state index in [1.54, 1.807) is 49.6 Å². The summed E-state index contributed by atoms with van der Waals surface area (Å²) in [6.07, 6.45) is 1.54. The third-order valence-corrected chi connectivity index (χ3v) is 5.46. The minimum Gasteiger partial charge on any atom is -0.493 e. The predicted molar refractivity (Wildman–Crippen MR) is 143 cm³/mol. The Labute approximate surface area is 216 Å². The van der Waals surface area contributed by atoms with Gasteiger partial charge in [0, 0.05) is 5.69 Å². The summed E-state index contributed by atoms with van der Waals surface area (Å²) in [4.78, 5) is 12.4. The Hall–Kier alpha value is -5.02. The van der Waals surface area contributed by atoms with Crippen LogP contribution in [0.5, 0.6) is 17.2 Å². The molecule has 0 aliphatic heterocycles. The molecule has 1 N–H and O–H groups in total. The molecule has 0 radical (unpaired) electrons. The van der Waals surface area contributed by atoms with Gasteiger partial charge in [-0.2, -0.15) is 5.26 Å². The van der Waals surface area contributed by atoms with Crippen molar-refractivity contribution in [3.63, 3.8) is 0 Å². The van der Waals surface area contributed by atoms with Crippen molar-refractivity contribution < 1.29 is 19.0 Å². The topological polar surface area (TPSA) is 80.6 Å². The van der Waals surface area contributed by atoms with Gasteiger partial charge in [0.15, 0.2) is 11.5 Å². The first-order valence-corrected chi connectivity index (χ1v) is 11.7. The van der Waals surface area contributed by atoms with Crippen LogP contribution in [0.4, 0.5) is 5.69 Å². The third-order valence-electron chi connectivity index (χ3n) is 5.46. The van der Waals surface area contributed by atoms with Crippen molar-refractivity contribution in [2.24, 2.45) is 0 Å². The van der Waals surface area contributed by atoms with Crippen LogP contribution in [0.15, 0.2) is 109 Å². The van der Waals surface area contributed by atoms with E-state index in [1.807, 2.05) is 72.8 Å². The van der Waals surface area contributed by atoms with Crippen LogP contribution in [0.25, 0.3) is 6.08 Å². The van der Waals surface area contributed by atoms with Gasteiger partial charge in [0.05, 0.1) is 7.11 Å². The van der Waals surface area contributed by atoms with Crippen LogP contribution in [0.3, 0.4) is 0 Å². The van der Waals surface area contributed by atoms with Crippen molar-refractivity contribution in [1.29, 1.82) is 5.26 Å². The molecule has 0 aliphatic carbocycles. The minimum atomic E-state index is -0.459. The molecular weight excluding hydrogens is 464 g/mol. The average molecular weight is 491 g/mol. The molecule has 0 aromatic heterocycles. The number of para-hydroxylation sites is 1. The van der Waals surface area contributed by atoms with Gasteiger partial charge in [-0.1, -0.05) is 66.7 Å². The van der Waals surface area contributed by atoms with Crippen LogP contribution in [0.1, 0.15) is 16.7 Å². The van der Waals surface area contributed by atoms with Crippen LogP contribution in [0, 0.1) is 11.3 Å². The van der Waals surface area contributed by atoms with E-state index < -0.39 is 5.91 Å². The molecule has 4 rings (SSSR count). The molecule has 0 atom stereocenters. The third kappa shape index (κ3) is 7.23. The lowest BCUT2D eigenvalue weighted by Gasteiger charge is -2.13. The number of hydrogen-bond donors (Lipinski definition) is 1. The maximum absolute atomic E-state index is 12.4. The number of ether oxygens (including phenoxy) is 3. The average Bonchev–Trinajstić information content (AvgIpc) is 2.95. The summed E-state index contributed by atoms with van der Waals surface area (Å²) in [6.45, 7) is 0.794. The van der Waals surface area contributed by atoms with E-state index in [9.17, 15) is 10.1 Å². The number of nitriles is 1. The minimum absolute atomic E-state index is 0.0131. The molecule has 0 unspecified atom stereocenters. The van der Waals surface area contributed by atoms with E-state index in [4.69, 9.17) is 14.2 Å². The number of carbonyl (C=O) groups is 1. The van der Waals surface area contributed by atoms with Gasteiger partial charge in [0.1, 0.15) is 30.6 Å². The fourth-order valence-corrected chi connectivity index (χ4v) is 3.52. The zero-order valence-electron chi connectivity index (χ0n) is 20.4. The first-order chi connectivity index (χ1) is 18.1. The number of benzene rings is 4. The number of nitrogens with one attached hydrogen (secondary N) is 1. The van der Waals surface area contributed by atoms with Crippen LogP contribution in [0.2, 0.25) is 0 Å². The molecule has 0 heterocycles. The first-order valence-electron chi connectivity index (χ1n) is 11.7. The largest absolute Gasteiger partial charge is 0.493 e. The number of carbonyl (C=O) groups excluding carboxylic acids is 1. The Kier molecular flexibility index (Phi) is 8.55. The Bertz CT molecular complexity index is 1390. The van der Waals surface area contributed by atoms with Crippen molar-refractivity contribution in [3.05, 3.63) is 125 Å². The molecule has 4 aromatic rings. The van der Waals surface area contributed by atoms with Gasteiger partial charge in [0.2, 0.25) is 0 Å². The summed E-state index contributed by atoms with van der Waals surface area (Å²) in [7, 11) is 1.61. The highest BCUT2D eigenvalue weighted by atomic mass is 16.5. The monoisotopic (exact) mass is 490 g/mol. The highest BCUT2D eigenvalue weighted by Gasteiger charge is 2.10. The summed E-state index contributed by atoms with van der Waals surface area (Å²) in [6, 6.07) is 33.8. The van der Waals surface area contributed by atoms with Crippen LogP contribution < -0.4 is 19.5 Å². The fraction of sp³-hybridized carbons (Fsp3) is 0.0968. The van der Waals surface area contributed by atoms with E-state index in [0.717, 1.165) is 11.1 Å². The van der Waals surface area contributed by atoms with Crippen molar-refractivity contribution >= 4 is 17.7 Å². The lowest BCUT2D eigenvalue weighted by molar-refractivity contribution is -0.112. The van der Waals surface area contributed by atoms with Crippen molar-refractivity contribution in [2.75, 3.05) is 12.4 Å². The zero-order chi connectivity index (χ0) is 25.9. The molecule has 4 aromatic carbocycles. The van der Waals surface area contributed by atoms with E-state index in [2.05, 4.69) is 5.32 Å². The van der Waals surface area contributed by atoms with Gasteiger partial charge in [-0.3, -0.25) is 4.79 Å². The van der Waals surface area contributed by atoms with Gasteiger partial charge < -0.3 is 19.5 Å². The first kappa shape index (κ1) is 25.1. The molecule has 1 amide bonds. The van der Waals surface area contributed by atoms with Gasteiger partial charge in [-0.25, -0.2) is 0 Å². The predicted octanol–water partition coefficient (Wildman–Crippen LogP) is 6.40. The molecule has 6 heteroatoms. The van der Waals surface area contributed by atoms with E-state index in [0.29, 0.717) is 41.7 Å². The fourth-order valence-electron chi connectivity index (χ4n) is 3.52. The van der Waals surface area contributed by atoms with Crippen LogP contribution >= 0.6 is 0 Å². The standard InChI is InChI=1S/C31H26N2O4/c1-35-30-19-25(14-17-29(30)37-21-24-8-4-2-5-9-24)22-36-28-15-12-23(13-16-28)18-26(20-32)31(34)33-27-10-6-3-7-11-27/h2-19H,21-22H2,1H3,(H,33,34)/b26-18+. The zero-order valence-corrected chi connectivity index (χ0v) is 20.4. The number of hydrogen-bond acceptors (Lipinski definition) is 5. The quantitative estimate of drug-likeness (QED) is 0.206. The Morgan fingerprint density at radius 2 is 1.49 bits per heavy atom. The Morgan fingerprint density at radius 1 is 0.811 bits per heavy atom. The molecule has 0 spiro atoms. The lowest BCUT2D eigenvalue weighted by Crippen LogP contribution is -2.13. The lowest BCUT2D eigenvalue weighted by atomic mass is 10.1. The summed E-state index contributed by atoms with van der Waals surface area (Å²) in [5.41, 5.74) is 3.36. The summed E-state index contributed by atoms with van der Waals surface area (Å²) in [5.74, 6) is 1.50. The van der Waals surface area contributed by atoms with E-state index >= 15 is 0 Å². The maximum Gasteiger partial charge on any atom is 0.266 e. The van der Waals surface area contributed by atoms with Gasteiger partial charge in [-0.15, -0.1) is 0 Å². The molecule has 0 fully saturated rings. The number of amides is 1. The normalized spacial score (nSPS) is 10.8. The van der Waals surface area contributed by atoms with Gasteiger partial charge >= 0.3 is 0 Å². The van der Waals surface area contributed by atoms with Gasteiger partial charge in [0.25, 0.3) is 5.91 Å². The SMILES string of the molecule is COc1cc(COc2ccc(/C=C(\C#N)C(=O)Nc3ccccc3)cc2)ccc1OCc1ccccc1. The van der Waals surface area contributed by atoms with Crippen molar-refractivity contribution in [1.82, 2.24) is 0 Å². The molecular formula is C31H26N2O4. The second-order valence-electron chi connectivity index (χ2n) is 8.11. The molecule has 0 aliphatic rings. The molecule has 37 heavy (non-hydrogen) atoms. The molecule has 0 saturated heterocycles. The highest BCUT2D eigenvalue weighted by Crippen LogP contribution is 2.29. The van der Waals surface area contributed by atoms with Crippen LogP contribution in [-0.4, -0.2) is 13.0 Å². The number of anilines is 1. The van der Waals surface area contributed by atoms with Crippen molar-refractivity contribution in [3.8, 4) is 23.3 Å². The summed E-state index contributed by atoms with van der Waals surface area (Å²) in [5, 5.41) is 12.2. The number of rotatable bonds is 10. The second-order valence-corrected chi connectivity index (χ2v) is 8.11. The van der Waals surface area contributed by atoms with E-state index in [-0.39, 0.29) is 5.57 Å². The Balaban J connectivity index is 1.34. The van der Waals surface area contributed by atoms with Crippen LogP contribution in [-0.2, 0) is 18.0 Å². The molecule has 6 nitrogen and oxygen atoms in total. The molecule has 0 bridgehead atoms. The van der Waals surface area contributed by atoms with E-state index in [1.165, 1.54) is 0 Å². The second kappa shape index (κ2) is 12.6. The summed E-state index contributed by atoms with van der Waals surface area (Å²) < 4.78 is 17.3. The number of nitrogens with zero attached hydrogens (tertiary/aromatic N) is 1. The highest BCUT2D eigenvalue weighted by molar-refractivity contribution is 6.09. The smallest absolute Gasteiger partial charge is 0.266 e. The molecule has 0 saturated carbocycles. The Morgan fingerprint density at radius 3 is 2.16 bits per heavy atom. The maximum atomic E-state index is 12.4. The summed E-state index contributed by atoms with van der Waals surface area (Å²) >= 11 is 0.